The van der Waals surface area contributed by atoms with Crippen LogP contribution in [-0.4, -0.2) is 17.2 Å². The Morgan fingerprint density at radius 1 is 0.568 bits per heavy atom. The molecule has 0 saturated carbocycles. The van der Waals surface area contributed by atoms with Gasteiger partial charge in [0, 0.05) is 46.2 Å². The van der Waals surface area contributed by atoms with E-state index < -0.39 is 8.07 Å². The van der Waals surface area contributed by atoms with Crippen LogP contribution in [0, 0.1) is 11.8 Å². The molecule has 2 aromatic carbocycles. The fourth-order valence-electron chi connectivity index (χ4n) is 7.01. The van der Waals surface area contributed by atoms with E-state index in [2.05, 4.69) is 147 Å². The van der Waals surface area contributed by atoms with Crippen LogP contribution < -0.4 is 0 Å². The van der Waals surface area contributed by atoms with Crippen LogP contribution in [0.5, 0.6) is 0 Å². The zero-order valence-corrected chi connectivity index (χ0v) is 23.9. The Bertz CT molecular complexity index is 1380. The molecule has 0 N–H and O–H groups in total. The number of aromatic nitrogens is 2. The van der Waals surface area contributed by atoms with Crippen molar-refractivity contribution in [2.24, 2.45) is 11.8 Å². The smallest absolute Gasteiger partial charge is 0.0724 e. The van der Waals surface area contributed by atoms with E-state index >= 15 is 0 Å². The number of benzene rings is 2. The highest BCUT2D eigenvalue weighted by Crippen LogP contribution is 2.55. The Hall–Kier alpha value is -3.30. The van der Waals surface area contributed by atoms with Gasteiger partial charge in [-0.05, 0) is 71.5 Å². The molecule has 0 amide bonds. The predicted molar refractivity (Wildman–Crippen MR) is 160 cm³/mol. The summed E-state index contributed by atoms with van der Waals surface area (Å²) in [5, 5.41) is 0. The largest absolute Gasteiger partial charge is 0.317 e. The highest BCUT2D eigenvalue weighted by molar-refractivity contribution is 6.81. The minimum atomic E-state index is -1.93. The van der Waals surface area contributed by atoms with E-state index in [1.807, 2.05) is 0 Å². The third-order valence-corrected chi connectivity index (χ3v) is 13.0. The second-order valence-corrected chi connectivity index (χ2v) is 16.8. The Morgan fingerprint density at radius 2 is 0.946 bits per heavy atom. The average Bonchev–Trinajstić information content (AvgIpc) is 3.63. The first-order valence-corrected chi connectivity index (χ1v) is 16.9. The number of rotatable bonds is 6. The lowest BCUT2D eigenvalue weighted by atomic mass is 10.00. The average molecular weight is 503 g/mol. The van der Waals surface area contributed by atoms with Gasteiger partial charge in [-0.2, -0.15) is 0 Å². The van der Waals surface area contributed by atoms with Gasteiger partial charge < -0.3 is 9.13 Å². The third kappa shape index (κ3) is 3.75. The van der Waals surface area contributed by atoms with Gasteiger partial charge in [0.1, 0.15) is 0 Å². The molecule has 0 radical (unpaired) electrons. The lowest BCUT2D eigenvalue weighted by Gasteiger charge is -2.41. The molecule has 6 rings (SSSR count). The number of nitrogens with zero attached hydrogens (tertiary/aromatic N) is 2. The van der Waals surface area contributed by atoms with Crippen LogP contribution in [0.4, 0.5) is 0 Å². The molecule has 2 aliphatic rings. The molecule has 2 heterocycles. The Labute approximate surface area is 223 Å². The standard InChI is InChI=1S/C34H38N2Si/c1-23(2)29-21-31-27(17-19-35(31)25-13-9-7-10-14-25)33(29)37(5,6)34-28-18-20-36(26-15-11-8-12-16-26)32(28)22-30(34)24(3)4/h7-24,33-34H,1-6H3. The molecular weight excluding hydrogens is 464 g/mol. The topological polar surface area (TPSA) is 9.86 Å². The van der Waals surface area contributed by atoms with Gasteiger partial charge in [-0.15, -0.1) is 0 Å². The predicted octanol–water partition coefficient (Wildman–Crippen LogP) is 9.03. The second-order valence-electron chi connectivity index (χ2n) is 12.0. The summed E-state index contributed by atoms with van der Waals surface area (Å²) in [6.07, 6.45) is 9.62. The SMILES string of the molecule is CC(C)C1=Cc2c(ccn2-c2ccccc2)C1[Si](C)(C)C1C(C(C)C)=Cc2c1ccn2-c1ccccc1. The summed E-state index contributed by atoms with van der Waals surface area (Å²) in [5.41, 5.74) is 12.6. The van der Waals surface area contributed by atoms with Gasteiger partial charge >= 0.3 is 0 Å². The summed E-state index contributed by atoms with van der Waals surface area (Å²) in [5.74, 6) is 1.05. The fourth-order valence-corrected chi connectivity index (χ4v) is 12.0. The highest BCUT2D eigenvalue weighted by Gasteiger charge is 2.50. The molecular formula is C34H38N2Si. The van der Waals surface area contributed by atoms with Crippen molar-refractivity contribution in [3.8, 4) is 11.4 Å². The monoisotopic (exact) mass is 502 g/mol. The molecule has 2 unspecified atom stereocenters. The van der Waals surface area contributed by atoms with Gasteiger partial charge in [0.25, 0.3) is 0 Å². The van der Waals surface area contributed by atoms with Crippen molar-refractivity contribution < 1.29 is 0 Å². The normalized spacial score (nSPS) is 18.8. The lowest BCUT2D eigenvalue weighted by Crippen LogP contribution is -2.43. The van der Waals surface area contributed by atoms with E-state index in [1.165, 1.54) is 33.9 Å². The highest BCUT2D eigenvalue weighted by atomic mass is 28.3. The summed E-state index contributed by atoms with van der Waals surface area (Å²) in [6.45, 7) is 14.8. The lowest BCUT2D eigenvalue weighted by molar-refractivity contribution is 0.709. The van der Waals surface area contributed by atoms with Crippen LogP contribution in [0.15, 0.2) is 96.3 Å². The molecule has 0 fully saturated rings. The van der Waals surface area contributed by atoms with Crippen LogP contribution in [0.25, 0.3) is 23.5 Å². The van der Waals surface area contributed by atoms with Crippen LogP contribution in [-0.2, 0) is 0 Å². The van der Waals surface area contributed by atoms with Gasteiger partial charge in [-0.1, -0.05) is 88.3 Å². The summed E-state index contributed by atoms with van der Waals surface area (Å²) >= 11 is 0. The van der Waals surface area contributed by atoms with Crippen molar-refractivity contribution in [1.82, 2.24) is 9.13 Å². The molecule has 0 aliphatic heterocycles. The summed E-state index contributed by atoms with van der Waals surface area (Å²) < 4.78 is 4.79. The number of hydrogen-bond donors (Lipinski definition) is 0. The molecule has 37 heavy (non-hydrogen) atoms. The Kier molecular flexibility index (Phi) is 5.80. The molecule has 2 atom stereocenters. The van der Waals surface area contributed by atoms with E-state index in [4.69, 9.17) is 0 Å². The van der Waals surface area contributed by atoms with Crippen molar-refractivity contribution in [3.63, 3.8) is 0 Å². The van der Waals surface area contributed by atoms with E-state index in [-0.39, 0.29) is 0 Å². The molecule has 0 saturated heterocycles. The van der Waals surface area contributed by atoms with Crippen LogP contribution in [0.1, 0.15) is 61.3 Å². The van der Waals surface area contributed by atoms with Crippen LogP contribution in [0.3, 0.4) is 0 Å². The van der Waals surface area contributed by atoms with E-state index in [1.54, 1.807) is 11.1 Å². The summed E-state index contributed by atoms with van der Waals surface area (Å²) in [4.78, 5) is 0. The van der Waals surface area contributed by atoms with Crippen molar-refractivity contribution in [3.05, 3.63) is 119 Å². The number of para-hydroxylation sites is 2. The van der Waals surface area contributed by atoms with Gasteiger partial charge in [0.2, 0.25) is 0 Å². The molecule has 2 aromatic heterocycles. The first kappa shape index (κ1) is 24.1. The van der Waals surface area contributed by atoms with Gasteiger partial charge in [0.05, 0.1) is 8.07 Å². The van der Waals surface area contributed by atoms with Gasteiger partial charge in [-0.25, -0.2) is 0 Å². The Morgan fingerprint density at radius 3 is 1.30 bits per heavy atom. The zero-order valence-electron chi connectivity index (χ0n) is 22.9. The number of fused-ring (bicyclic) bond motifs is 2. The molecule has 4 aromatic rings. The van der Waals surface area contributed by atoms with E-state index in [9.17, 15) is 0 Å². The quantitative estimate of drug-likeness (QED) is 0.233. The van der Waals surface area contributed by atoms with Crippen LogP contribution in [0.2, 0.25) is 13.1 Å². The zero-order chi connectivity index (χ0) is 25.9. The third-order valence-electron chi connectivity index (χ3n) is 8.70. The summed E-state index contributed by atoms with van der Waals surface area (Å²) in [6, 6.07) is 26.4. The molecule has 2 nitrogen and oxygen atoms in total. The molecule has 2 aliphatic carbocycles. The minimum Gasteiger partial charge on any atom is -0.317 e. The second kappa shape index (κ2) is 8.92. The molecule has 0 spiro atoms. The number of allylic oxidation sites excluding steroid dienone is 2. The van der Waals surface area contributed by atoms with Crippen molar-refractivity contribution in [1.29, 1.82) is 0 Å². The van der Waals surface area contributed by atoms with Crippen molar-refractivity contribution in [2.75, 3.05) is 0 Å². The molecule has 0 bridgehead atoms. The van der Waals surface area contributed by atoms with Gasteiger partial charge in [-0.3, -0.25) is 0 Å². The Balaban J connectivity index is 1.48. The van der Waals surface area contributed by atoms with E-state index in [0.717, 1.165) is 0 Å². The number of hydrogen-bond acceptors (Lipinski definition) is 0. The van der Waals surface area contributed by atoms with Crippen LogP contribution >= 0.6 is 0 Å². The maximum absolute atomic E-state index is 2.65. The summed E-state index contributed by atoms with van der Waals surface area (Å²) in [7, 11) is -1.93. The van der Waals surface area contributed by atoms with E-state index in [0.29, 0.717) is 22.9 Å². The van der Waals surface area contributed by atoms with Gasteiger partial charge in [0.15, 0.2) is 0 Å². The van der Waals surface area contributed by atoms with Crippen molar-refractivity contribution in [2.45, 2.75) is 51.9 Å². The van der Waals surface area contributed by atoms with Crippen molar-refractivity contribution >= 4 is 20.2 Å². The fraction of sp³-hybridized carbons (Fsp3) is 0.294. The minimum absolute atomic E-state index is 0.505. The molecule has 188 valence electrons. The first-order valence-electron chi connectivity index (χ1n) is 13.7. The maximum atomic E-state index is 2.65. The first-order chi connectivity index (χ1) is 17.8. The molecule has 3 heteroatoms. The maximum Gasteiger partial charge on any atom is 0.0724 e.